The summed E-state index contributed by atoms with van der Waals surface area (Å²) in [6, 6.07) is 12.4. The second kappa shape index (κ2) is 22.1. The van der Waals surface area contributed by atoms with Crippen LogP contribution in [-0.2, 0) is 36.5 Å². The lowest BCUT2D eigenvalue weighted by Crippen LogP contribution is -2.27. The Morgan fingerprint density at radius 3 is 1.54 bits per heavy atom. The predicted octanol–water partition coefficient (Wildman–Crippen LogP) is 7.12. The van der Waals surface area contributed by atoms with E-state index in [-0.39, 0.29) is 12.3 Å². The van der Waals surface area contributed by atoms with Crippen molar-refractivity contribution >= 4 is 91.7 Å². The Hall–Kier alpha value is -2.96. The Bertz CT molecular complexity index is 1640. The van der Waals surface area contributed by atoms with Gasteiger partial charge in [0.2, 0.25) is 5.91 Å². The van der Waals surface area contributed by atoms with E-state index in [9.17, 15) is 9.59 Å². The maximum atomic E-state index is 11.0. The van der Waals surface area contributed by atoms with Crippen LogP contribution in [0.2, 0.25) is 0 Å². The van der Waals surface area contributed by atoms with Gasteiger partial charge in [0.05, 0.1) is 22.1 Å². The zero-order chi connectivity index (χ0) is 36.5. The van der Waals surface area contributed by atoms with E-state index in [4.69, 9.17) is 61.7 Å². The monoisotopic (exact) mass is 771 g/mol. The highest BCUT2D eigenvalue weighted by atomic mass is 35.5. The second-order valence-corrected chi connectivity index (χ2v) is 13.5. The van der Waals surface area contributed by atoms with E-state index in [1.165, 1.54) is 0 Å². The SMILES string of the molecule is Cn1c(CCCC(=O)O)nc2cc(N(CCCl)CCCl)ccc21.Cn1c(CCCCCCC(=O)NO)nc2cc(N(CCCl)CCCl)ccc21. The second-order valence-electron chi connectivity index (χ2n) is 11.9. The van der Waals surface area contributed by atoms with Crippen LogP contribution in [0.1, 0.15) is 56.6 Å². The molecule has 2 aromatic carbocycles. The van der Waals surface area contributed by atoms with Crippen LogP contribution in [0.3, 0.4) is 0 Å². The van der Waals surface area contributed by atoms with Crippen molar-refractivity contribution in [2.45, 2.75) is 57.8 Å². The summed E-state index contributed by atoms with van der Waals surface area (Å²) in [4.78, 5) is 35.4. The number of carbonyl (C=O) groups is 2. The van der Waals surface area contributed by atoms with Crippen molar-refractivity contribution in [1.82, 2.24) is 24.6 Å². The molecule has 0 aliphatic rings. The van der Waals surface area contributed by atoms with E-state index in [1.54, 1.807) is 5.48 Å². The number of hydroxylamine groups is 1. The Morgan fingerprint density at radius 2 is 1.12 bits per heavy atom. The van der Waals surface area contributed by atoms with Crippen LogP contribution in [0.4, 0.5) is 11.4 Å². The third-order valence-corrected chi connectivity index (χ3v) is 9.21. The largest absolute Gasteiger partial charge is 0.481 e. The van der Waals surface area contributed by atoms with Gasteiger partial charge in [-0.2, -0.15) is 0 Å². The van der Waals surface area contributed by atoms with Crippen molar-refractivity contribution in [2.24, 2.45) is 14.1 Å². The molecule has 0 fully saturated rings. The number of carbonyl (C=O) groups excluding carboxylic acids is 1. The van der Waals surface area contributed by atoms with Crippen LogP contribution in [0.5, 0.6) is 0 Å². The van der Waals surface area contributed by atoms with Gasteiger partial charge in [-0.15, -0.1) is 46.4 Å². The third-order valence-electron chi connectivity index (χ3n) is 8.53. The van der Waals surface area contributed by atoms with Crippen LogP contribution < -0.4 is 15.3 Å². The molecule has 2 aromatic heterocycles. The van der Waals surface area contributed by atoms with Crippen molar-refractivity contribution < 1.29 is 19.9 Å². The van der Waals surface area contributed by atoms with Crippen molar-refractivity contribution in [2.75, 3.05) is 59.5 Å². The van der Waals surface area contributed by atoms with Gasteiger partial charge in [-0.1, -0.05) is 12.8 Å². The molecule has 0 atom stereocenters. The fourth-order valence-corrected chi connectivity index (χ4v) is 6.66. The van der Waals surface area contributed by atoms with Gasteiger partial charge in [0.15, 0.2) is 0 Å². The summed E-state index contributed by atoms with van der Waals surface area (Å²) in [6.07, 6.45) is 6.48. The molecule has 0 unspecified atom stereocenters. The quantitative estimate of drug-likeness (QED) is 0.0354. The molecule has 0 saturated heterocycles. The Balaban J connectivity index is 0.000000274. The minimum atomic E-state index is -0.774. The van der Waals surface area contributed by atoms with E-state index in [0.29, 0.717) is 42.8 Å². The molecule has 2 heterocycles. The maximum absolute atomic E-state index is 11.0. The van der Waals surface area contributed by atoms with Gasteiger partial charge in [-0.3, -0.25) is 14.8 Å². The van der Waals surface area contributed by atoms with Gasteiger partial charge in [0, 0.05) is 101 Å². The van der Waals surface area contributed by atoms with E-state index < -0.39 is 5.97 Å². The van der Waals surface area contributed by atoms with Gasteiger partial charge < -0.3 is 24.0 Å². The van der Waals surface area contributed by atoms with Crippen molar-refractivity contribution in [3.05, 3.63) is 48.0 Å². The first-order valence-corrected chi connectivity index (χ1v) is 19.1. The summed E-state index contributed by atoms with van der Waals surface area (Å²) in [6.45, 7) is 2.98. The number of nitrogens with zero attached hydrogens (tertiary/aromatic N) is 6. The van der Waals surface area contributed by atoms with Gasteiger partial charge in [0.25, 0.3) is 0 Å². The Morgan fingerprint density at radius 1 is 0.680 bits per heavy atom. The predicted molar refractivity (Wildman–Crippen MR) is 206 cm³/mol. The fourth-order valence-electron chi connectivity index (χ4n) is 5.84. The number of amides is 1. The van der Waals surface area contributed by atoms with Gasteiger partial charge in [-0.25, -0.2) is 15.4 Å². The highest BCUT2D eigenvalue weighted by Gasteiger charge is 2.13. The summed E-state index contributed by atoms with van der Waals surface area (Å²) >= 11 is 23.5. The lowest BCUT2D eigenvalue weighted by molar-refractivity contribution is -0.137. The standard InChI is InChI=1S/C19H28Cl2N4O2.C16H21Cl2N3O2/c1-24-17-9-8-15(25(12-10-20)13-11-21)14-16(17)22-18(24)6-4-2-3-5-7-19(26)23-27;1-20-14-6-5-12(21(9-7-17)10-8-18)11-13(14)19-15(20)3-2-4-16(22)23/h8-9,14,27H,2-7,10-13H2,1H3,(H,23,26);5-6,11H,2-4,7-10H2,1H3,(H,22,23). The molecule has 1 amide bonds. The van der Waals surface area contributed by atoms with Crippen LogP contribution >= 0.6 is 46.4 Å². The summed E-state index contributed by atoms with van der Waals surface area (Å²) in [5, 5.41) is 17.2. The van der Waals surface area contributed by atoms with E-state index >= 15 is 0 Å². The molecule has 3 N–H and O–H groups in total. The smallest absolute Gasteiger partial charge is 0.303 e. The first-order valence-electron chi connectivity index (χ1n) is 17.0. The lowest BCUT2D eigenvalue weighted by atomic mass is 10.1. The summed E-state index contributed by atoms with van der Waals surface area (Å²) in [5.41, 5.74) is 7.85. The third kappa shape index (κ3) is 12.4. The number of rotatable bonds is 21. The van der Waals surface area contributed by atoms with E-state index in [2.05, 4.69) is 37.5 Å². The number of fused-ring (bicyclic) bond motifs is 2. The average Bonchev–Trinajstić information content (AvgIpc) is 3.59. The van der Waals surface area contributed by atoms with E-state index in [1.807, 2.05) is 36.9 Å². The summed E-state index contributed by atoms with van der Waals surface area (Å²) < 4.78 is 4.17. The lowest BCUT2D eigenvalue weighted by Gasteiger charge is -2.22. The first kappa shape index (κ1) is 41.5. The van der Waals surface area contributed by atoms with Gasteiger partial charge in [0.1, 0.15) is 11.6 Å². The molecule has 0 radical (unpaired) electrons. The van der Waals surface area contributed by atoms with Crippen LogP contribution in [-0.4, -0.2) is 91.0 Å². The number of halogens is 4. The number of anilines is 2. The van der Waals surface area contributed by atoms with E-state index in [0.717, 1.165) is 103 Å². The number of carboxylic acid groups (broad SMARTS) is 1. The molecule has 0 bridgehead atoms. The van der Waals surface area contributed by atoms with Crippen molar-refractivity contribution in [1.29, 1.82) is 0 Å². The topological polar surface area (TPSA) is 129 Å². The highest BCUT2D eigenvalue weighted by molar-refractivity contribution is 6.19. The number of aryl methyl sites for hydroxylation is 4. The fraction of sp³-hybridized carbons (Fsp3) is 0.543. The number of hydrogen-bond acceptors (Lipinski definition) is 7. The zero-order valence-electron chi connectivity index (χ0n) is 28.9. The number of benzene rings is 2. The van der Waals surface area contributed by atoms with Gasteiger partial charge >= 0.3 is 5.97 Å². The molecule has 276 valence electrons. The molecule has 4 rings (SSSR count). The number of aliphatic carboxylic acids is 1. The van der Waals surface area contributed by atoms with Crippen LogP contribution in [0.25, 0.3) is 22.1 Å². The number of imidazole rings is 2. The molecule has 0 saturated carbocycles. The van der Waals surface area contributed by atoms with Gasteiger partial charge in [-0.05, 0) is 55.7 Å². The van der Waals surface area contributed by atoms with Crippen LogP contribution in [0, 0.1) is 0 Å². The number of aromatic nitrogens is 4. The zero-order valence-corrected chi connectivity index (χ0v) is 31.9. The van der Waals surface area contributed by atoms with Crippen molar-refractivity contribution in [3.63, 3.8) is 0 Å². The number of alkyl halides is 4. The molecule has 0 aliphatic carbocycles. The van der Waals surface area contributed by atoms with Crippen molar-refractivity contribution in [3.8, 4) is 0 Å². The average molecular weight is 774 g/mol. The highest BCUT2D eigenvalue weighted by Crippen LogP contribution is 2.25. The molecule has 15 heteroatoms. The molecule has 11 nitrogen and oxygen atoms in total. The normalized spacial score (nSPS) is 11.1. The summed E-state index contributed by atoms with van der Waals surface area (Å²) in [7, 11) is 4.01. The minimum Gasteiger partial charge on any atom is -0.481 e. The number of hydrogen-bond donors (Lipinski definition) is 3. The number of unbranched alkanes of at least 4 members (excludes halogenated alkanes) is 3. The molecule has 0 spiro atoms. The minimum absolute atomic E-state index is 0.160. The molecule has 0 aliphatic heterocycles. The Kier molecular flexibility index (Phi) is 18.3. The molecular formula is C35H49Cl4N7O4. The van der Waals surface area contributed by atoms with Crippen LogP contribution in [0.15, 0.2) is 36.4 Å². The molecule has 4 aromatic rings. The molecular weight excluding hydrogens is 724 g/mol. The Labute approximate surface area is 314 Å². The summed E-state index contributed by atoms with van der Waals surface area (Å²) in [5.74, 6) is 3.07. The number of carboxylic acids is 1. The number of nitrogens with one attached hydrogen (secondary N) is 1. The molecule has 50 heavy (non-hydrogen) atoms. The first-order chi connectivity index (χ1) is 24.2. The maximum Gasteiger partial charge on any atom is 0.303 e.